The number of carbonyl (C=O) groups is 3. The molecule has 1 fully saturated rings. The van der Waals surface area contributed by atoms with Crippen molar-refractivity contribution in [1.82, 2.24) is 15.5 Å². The van der Waals surface area contributed by atoms with E-state index in [0.717, 1.165) is 18.7 Å². The number of nitrogens with one attached hydrogen (secondary N) is 2. The molecule has 0 unspecified atom stereocenters. The van der Waals surface area contributed by atoms with Crippen molar-refractivity contribution in [2.24, 2.45) is 0 Å². The fraction of sp³-hybridized carbons (Fsp3) is 0.409. The van der Waals surface area contributed by atoms with Crippen molar-refractivity contribution in [3.05, 3.63) is 52.2 Å². The molecule has 2 N–H and O–H groups in total. The number of thiophene rings is 1. The van der Waals surface area contributed by atoms with Crippen LogP contribution in [0.2, 0.25) is 0 Å². The van der Waals surface area contributed by atoms with Crippen LogP contribution in [0.3, 0.4) is 0 Å². The Balaban J connectivity index is 1.38. The quantitative estimate of drug-likeness (QED) is 0.676. The van der Waals surface area contributed by atoms with E-state index in [4.69, 9.17) is 0 Å². The molecule has 0 aliphatic carbocycles. The van der Waals surface area contributed by atoms with Crippen LogP contribution in [0, 0.1) is 0 Å². The van der Waals surface area contributed by atoms with Gasteiger partial charge in [0, 0.05) is 32.4 Å². The van der Waals surface area contributed by atoms with E-state index in [9.17, 15) is 14.4 Å². The first-order valence-corrected chi connectivity index (χ1v) is 11.1. The summed E-state index contributed by atoms with van der Waals surface area (Å²) in [5.74, 6) is -0.878. The van der Waals surface area contributed by atoms with Crippen molar-refractivity contribution < 1.29 is 14.4 Å². The lowest BCUT2D eigenvalue weighted by Gasteiger charge is -2.29. The summed E-state index contributed by atoms with van der Waals surface area (Å²) in [5.41, 5.74) is 2.27. The number of hydrogen-bond donors (Lipinski definition) is 2. The Kier molecular flexibility index (Phi) is 7.84. The summed E-state index contributed by atoms with van der Waals surface area (Å²) in [4.78, 5) is 40.6. The molecule has 1 aromatic carbocycles. The fourth-order valence-electron chi connectivity index (χ4n) is 3.35. The Morgan fingerprint density at radius 1 is 1.00 bits per heavy atom. The first-order chi connectivity index (χ1) is 14.5. The summed E-state index contributed by atoms with van der Waals surface area (Å²) in [6.45, 7) is 2.42. The van der Waals surface area contributed by atoms with Gasteiger partial charge in [-0.25, -0.2) is 0 Å². The zero-order valence-corrected chi connectivity index (χ0v) is 18.0. The smallest absolute Gasteiger partial charge is 0.261 e. The van der Waals surface area contributed by atoms with Gasteiger partial charge in [-0.2, -0.15) is 0 Å². The molecular formula is C22H28N4O3S. The van der Waals surface area contributed by atoms with E-state index in [2.05, 4.69) is 27.7 Å². The van der Waals surface area contributed by atoms with Gasteiger partial charge in [-0.15, -0.1) is 11.3 Å². The van der Waals surface area contributed by atoms with Crippen LogP contribution in [0.1, 0.15) is 34.5 Å². The second kappa shape index (κ2) is 10.8. The number of carbonyl (C=O) groups excluding carboxylic acids is 3. The van der Waals surface area contributed by atoms with Crippen LogP contribution < -0.4 is 15.5 Å². The van der Waals surface area contributed by atoms with E-state index >= 15 is 0 Å². The number of anilines is 1. The summed E-state index contributed by atoms with van der Waals surface area (Å²) in [5, 5.41) is 6.89. The van der Waals surface area contributed by atoms with Gasteiger partial charge in [0.15, 0.2) is 0 Å². The van der Waals surface area contributed by atoms with Crippen LogP contribution in [0.4, 0.5) is 5.69 Å². The molecule has 30 heavy (non-hydrogen) atoms. The predicted octanol–water partition coefficient (Wildman–Crippen LogP) is 2.24. The zero-order chi connectivity index (χ0) is 21.3. The molecule has 1 saturated heterocycles. The minimum Gasteiger partial charge on any atom is -0.372 e. The lowest BCUT2D eigenvalue weighted by molar-refractivity contribution is -0.132. The number of piperidine rings is 1. The molecule has 0 atom stereocenters. The molecule has 160 valence electrons. The monoisotopic (exact) mass is 428 g/mol. The molecule has 3 amide bonds. The number of rotatable bonds is 8. The summed E-state index contributed by atoms with van der Waals surface area (Å²) < 4.78 is 0. The van der Waals surface area contributed by atoms with Crippen molar-refractivity contribution in [1.29, 1.82) is 0 Å². The Bertz CT molecular complexity index is 846. The third-order valence-corrected chi connectivity index (χ3v) is 5.96. The topological polar surface area (TPSA) is 81.8 Å². The molecule has 2 heterocycles. The highest BCUT2D eigenvalue weighted by Gasteiger charge is 2.14. The average molecular weight is 429 g/mol. The molecule has 1 aromatic heterocycles. The summed E-state index contributed by atoms with van der Waals surface area (Å²) in [7, 11) is 1.71. The Morgan fingerprint density at radius 2 is 1.73 bits per heavy atom. The summed E-state index contributed by atoms with van der Waals surface area (Å²) in [6.07, 6.45) is 3.78. The molecule has 7 nitrogen and oxygen atoms in total. The molecular weight excluding hydrogens is 400 g/mol. The molecule has 8 heteroatoms. The second-order valence-electron chi connectivity index (χ2n) is 7.40. The Hall–Kier alpha value is -2.87. The minimum atomic E-state index is -0.396. The summed E-state index contributed by atoms with van der Waals surface area (Å²) in [6, 6.07) is 11.8. The van der Waals surface area contributed by atoms with Crippen LogP contribution in [-0.2, 0) is 16.1 Å². The first kappa shape index (κ1) is 21.8. The van der Waals surface area contributed by atoms with E-state index in [0.29, 0.717) is 11.4 Å². The van der Waals surface area contributed by atoms with E-state index in [-0.39, 0.29) is 24.9 Å². The van der Waals surface area contributed by atoms with Gasteiger partial charge < -0.3 is 20.4 Å². The molecule has 1 aliphatic rings. The van der Waals surface area contributed by atoms with Crippen molar-refractivity contribution in [3.63, 3.8) is 0 Å². The number of nitrogens with zero attached hydrogens (tertiary/aromatic N) is 2. The predicted molar refractivity (Wildman–Crippen MR) is 119 cm³/mol. The van der Waals surface area contributed by atoms with Gasteiger partial charge in [0.2, 0.25) is 11.8 Å². The van der Waals surface area contributed by atoms with E-state index in [1.807, 2.05) is 12.1 Å². The number of benzene rings is 1. The molecule has 3 rings (SSSR count). The van der Waals surface area contributed by atoms with Crippen LogP contribution in [0.15, 0.2) is 41.8 Å². The maximum atomic E-state index is 12.3. The van der Waals surface area contributed by atoms with Gasteiger partial charge >= 0.3 is 0 Å². The summed E-state index contributed by atoms with van der Waals surface area (Å²) >= 11 is 1.31. The molecule has 0 saturated carbocycles. The lowest BCUT2D eigenvalue weighted by Crippen LogP contribution is -2.42. The fourth-order valence-corrected chi connectivity index (χ4v) is 3.99. The van der Waals surface area contributed by atoms with Gasteiger partial charge in [0.1, 0.15) is 0 Å². The lowest BCUT2D eigenvalue weighted by atomic mass is 10.1. The number of hydrogen-bond acceptors (Lipinski definition) is 5. The van der Waals surface area contributed by atoms with Gasteiger partial charge in [0.25, 0.3) is 5.91 Å². The third-order valence-electron chi connectivity index (χ3n) is 5.09. The van der Waals surface area contributed by atoms with Crippen LogP contribution in [0.25, 0.3) is 0 Å². The highest BCUT2D eigenvalue weighted by atomic mass is 32.1. The number of amides is 3. The number of likely N-dealkylation sites (N-methyl/N-ethyl adjacent to an activating group) is 1. The third kappa shape index (κ3) is 6.32. The standard InChI is InChI=1S/C22H28N4O3S/c1-25(16-17-7-9-18(10-8-17)26-11-3-2-4-12-26)21(28)15-23-20(27)14-24-22(29)19-6-5-13-30-19/h5-10,13H,2-4,11-12,14-16H2,1H3,(H,23,27)(H,24,29). The van der Waals surface area contributed by atoms with Gasteiger partial charge in [-0.1, -0.05) is 18.2 Å². The normalized spacial score (nSPS) is 13.6. The van der Waals surface area contributed by atoms with E-state index in [1.165, 1.54) is 36.3 Å². The molecule has 0 spiro atoms. The van der Waals surface area contributed by atoms with Crippen molar-refractivity contribution >= 4 is 34.7 Å². The van der Waals surface area contributed by atoms with Crippen molar-refractivity contribution in [2.45, 2.75) is 25.8 Å². The highest BCUT2D eigenvalue weighted by molar-refractivity contribution is 7.12. The maximum Gasteiger partial charge on any atom is 0.261 e. The van der Waals surface area contributed by atoms with Gasteiger partial charge in [-0.05, 0) is 48.4 Å². The minimum absolute atomic E-state index is 0.101. The van der Waals surface area contributed by atoms with Crippen LogP contribution in [0.5, 0.6) is 0 Å². The first-order valence-electron chi connectivity index (χ1n) is 10.2. The zero-order valence-electron chi connectivity index (χ0n) is 17.2. The maximum absolute atomic E-state index is 12.3. The molecule has 0 radical (unpaired) electrons. The molecule has 0 bridgehead atoms. The highest BCUT2D eigenvalue weighted by Crippen LogP contribution is 2.20. The van der Waals surface area contributed by atoms with Crippen LogP contribution >= 0.6 is 11.3 Å². The Labute approximate surface area is 181 Å². The second-order valence-corrected chi connectivity index (χ2v) is 8.35. The molecule has 2 aromatic rings. The Morgan fingerprint density at radius 3 is 2.40 bits per heavy atom. The van der Waals surface area contributed by atoms with Gasteiger partial charge in [0.05, 0.1) is 18.0 Å². The van der Waals surface area contributed by atoms with Crippen molar-refractivity contribution in [2.75, 3.05) is 38.1 Å². The largest absolute Gasteiger partial charge is 0.372 e. The SMILES string of the molecule is CN(Cc1ccc(N2CCCCC2)cc1)C(=O)CNC(=O)CNC(=O)c1cccs1. The van der Waals surface area contributed by atoms with E-state index < -0.39 is 5.91 Å². The van der Waals surface area contributed by atoms with Gasteiger partial charge in [-0.3, -0.25) is 14.4 Å². The molecule has 1 aliphatic heterocycles. The average Bonchev–Trinajstić information content (AvgIpc) is 3.32. The van der Waals surface area contributed by atoms with Crippen molar-refractivity contribution in [3.8, 4) is 0 Å². The van der Waals surface area contributed by atoms with Crippen LogP contribution in [-0.4, -0.2) is 55.8 Å². The van der Waals surface area contributed by atoms with E-state index in [1.54, 1.807) is 29.5 Å².